The number of imidazole rings is 1. The van der Waals surface area contributed by atoms with Crippen molar-refractivity contribution < 1.29 is 4.74 Å². The first kappa shape index (κ1) is 14.1. The van der Waals surface area contributed by atoms with Crippen LogP contribution in [0.15, 0.2) is 35.1 Å². The van der Waals surface area contributed by atoms with Crippen molar-refractivity contribution in [2.24, 2.45) is 0 Å². The van der Waals surface area contributed by atoms with Crippen LogP contribution < -0.4 is 5.32 Å². The van der Waals surface area contributed by atoms with Gasteiger partial charge in [-0.2, -0.15) is 0 Å². The van der Waals surface area contributed by atoms with E-state index in [0.717, 1.165) is 16.1 Å². The number of benzene rings is 1. The molecule has 1 N–H and O–H groups in total. The second kappa shape index (κ2) is 6.21. The van der Waals surface area contributed by atoms with Gasteiger partial charge in [-0.05, 0) is 37.6 Å². The Bertz CT molecular complexity index is 553. The van der Waals surface area contributed by atoms with E-state index >= 15 is 0 Å². The SMILES string of the molecule is COCC(C)Nc1nccn1-c1ccc(Br)c(C)c1. The molecule has 0 saturated carbocycles. The van der Waals surface area contributed by atoms with Gasteiger partial charge in [0.05, 0.1) is 6.61 Å². The predicted molar refractivity (Wildman–Crippen MR) is 81.0 cm³/mol. The molecular weight excluding hydrogens is 306 g/mol. The Morgan fingerprint density at radius 3 is 2.95 bits per heavy atom. The van der Waals surface area contributed by atoms with Crippen LogP contribution in [-0.2, 0) is 4.74 Å². The Morgan fingerprint density at radius 1 is 1.47 bits per heavy atom. The first-order valence-electron chi connectivity index (χ1n) is 6.17. The topological polar surface area (TPSA) is 39.1 Å². The fourth-order valence-electron chi connectivity index (χ4n) is 1.91. The third kappa shape index (κ3) is 3.36. The van der Waals surface area contributed by atoms with E-state index in [-0.39, 0.29) is 6.04 Å². The molecule has 2 aromatic rings. The zero-order valence-electron chi connectivity index (χ0n) is 11.4. The lowest BCUT2D eigenvalue weighted by Crippen LogP contribution is -2.22. The molecule has 1 atom stereocenters. The minimum absolute atomic E-state index is 0.211. The summed E-state index contributed by atoms with van der Waals surface area (Å²) in [7, 11) is 1.70. The molecule has 0 bridgehead atoms. The average Bonchev–Trinajstić information content (AvgIpc) is 2.81. The van der Waals surface area contributed by atoms with Gasteiger partial charge in [0.1, 0.15) is 0 Å². The monoisotopic (exact) mass is 323 g/mol. The maximum absolute atomic E-state index is 5.13. The number of halogens is 1. The Kier molecular flexibility index (Phi) is 4.61. The molecule has 0 spiro atoms. The number of hydrogen-bond acceptors (Lipinski definition) is 3. The van der Waals surface area contributed by atoms with Crippen LogP contribution in [0.2, 0.25) is 0 Å². The number of aryl methyl sites for hydroxylation is 1. The highest BCUT2D eigenvalue weighted by Crippen LogP contribution is 2.21. The Labute approximate surface area is 121 Å². The molecule has 5 heteroatoms. The highest BCUT2D eigenvalue weighted by Gasteiger charge is 2.09. The summed E-state index contributed by atoms with van der Waals surface area (Å²) in [4.78, 5) is 4.35. The molecule has 0 amide bonds. The molecule has 0 fully saturated rings. The molecule has 1 heterocycles. The highest BCUT2D eigenvalue weighted by atomic mass is 79.9. The number of rotatable bonds is 5. The number of nitrogens with zero attached hydrogens (tertiary/aromatic N) is 2. The summed E-state index contributed by atoms with van der Waals surface area (Å²) in [6, 6.07) is 6.44. The molecule has 0 aliphatic carbocycles. The van der Waals surface area contributed by atoms with E-state index in [1.54, 1.807) is 13.3 Å². The van der Waals surface area contributed by atoms with E-state index in [0.29, 0.717) is 6.61 Å². The van der Waals surface area contributed by atoms with Gasteiger partial charge in [0.15, 0.2) is 0 Å². The molecular formula is C14H18BrN3O. The Morgan fingerprint density at radius 2 is 2.26 bits per heavy atom. The van der Waals surface area contributed by atoms with Gasteiger partial charge < -0.3 is 10.1 Å². The van der Waals surface area contributed by atoms with E-state index in [2.05, 4.69) is 52.2 Å². The van der Waals surface area contributed by atoms with E-state index < -0.39 is 0 Å². The maximum atomic E-state index is 5.13. The van der Waals surface area contributed by atoms with Crippen molar-refractivity contribution >= 4 is 21.9 Å². The van der Waals surface area contributed by atoms with Crippen molar-refractivity contribution in [1.29, 1.82) is 0 Å². The number of nitrogens with one attached hydrogen (secondary N) is 1. The van der Waals surface area contributed by atoms with Crippen molar-refractivity contribution in [3.8, 4) is 5.69 Å². The Balaban J connectivity index is 2.25. The number of anilines is 1. The summed E-state index contributed by atoms with van der Waals surface area (Å²) in [5.74, 6) is 0.825. The van der Waals surface area contributed by atoms with Crippen molar-refractivity contribution in [2.75, 3.05) is 19.0 Å². The molecule has 0 aliphatic heterocycles. The third-order valence-electron chi connectivity index (χ3n) is 2.85. The van der Waals surface area contributed by atoms with Crippen LogP contribution in [0.25, 0.3) is 5.69 Å². The molecule has 0 saturated heterocycles. The van der Waals surface area contributed by atoms with Gasteiger partial charge in [-0.1, -0.05) is 15.9 Å². The molecule has 0 radical (unpaired) electrons. The van der Waals surface area contributed by atoms with Crippen LogP contribution >= 0.6 is 15.9 Å². The van der Waals surface area contributed by atoms with Crippen LogP contribution in [0.3, 0.4) is 0 Å². The van der Waals surface area contributed by atoms with E-state index in [1.165, 1.54) is 5.56 Å². The fraction of sp³-hybridized carbons (Fsp3) is 0.357. The molecule has 19 heavy (non-hydrogen) atoms. The van der Waals surface area contributed by atoms with Crippen LogP contribution in [-0.4, -0.2) is 29.3 Å². The van der Waals surface area contributed by atoms with Crippen LogP contribution in [0.1, 0.15) is 12.5 Å². The average molecular weight is 324 g/mol. The van der Waals surface area contributed by atoms with Gasteiger partial charge in [0, 0.05) is 35.7 Å². The van der Waals surface area contributed by atoms with Gasteiger partial charge in [-0.15, -0.1) is 0 Å². The summed E-state index contributed by atoms with van der Waals surface area (Å²) >= 11 is 3.51. The van der Waals surface area contributed by atoms with Crippen LogP contribution in [0.5, 0.6) is 0 Å². The fourth-order valence-corrected chi connectivity index (χ4v) is 2.16. The van der Waals surface area contributed by atoms with E-state index in [4.69, 9.17) is 4.74 Å². The molecule has 102 valence electrons. The predicted octanol–water partition coefficient (Wildman–Crippen LogP) is 3.39. The minimum atomic E-state index is 0.211. The highest BCUT2D eigenvalue weighted by molar-refractivity contribution is 9.10. The standard InChI is InChI=1S/C14H18BrN3O/c1-10-8-12(4-5-13(10)15)18-7-6-16-14(18)17-11(2)9-19-3/h4-8,11H,9H2,1-3H3,(H,16,17). The van der Waals surface area contributed by atoms with Crippen LogP contribution in [0, 0.1) is 6.92 Å². The zero-order valence-corrected chi connectivity index (χ0v) is 12.9. The van der Waals surface area contributed by atoms with Gasteiger partial charge in [-0.25, -0.2) is 4.98 Å². The molecule has 0 aliphatic rings. The zero-order chi connectivity index (χ0) is 13.8. The first-order valence-corrected chi connectivity index (χ1v) is 6.96. The molecule has 2 rings (SSSR count). The molecule has 1 aromatic heterocycles. The van der Waals surface area contributed by atoms with Crippen molar-refractivity contribution in [2.45, 2.75) is 19.9 Å². The smallest absolute Gasteiger partial charge is 0.207 e. The largest absolute Gasteiger partial charge is 0.383 e. The van der Waals surface area contributed by atoms with Crippen molar-refractivity contribution in [1.82, 2.24) is 9.55 Å². The van der Waals surface area contributed by atoms with Gasteiger partial charge in [0.2, 0.25) is 5.95 Å². The number of aromatic nitrogens is 2. The lowest BCUT2D eigenvalue weighted by molar-refractivity contribution is 0.190. The second-order valence-electron chi connectivity index (χ2n) is 4.56. The maximum Gasteiger partial charge on any atom is 0.207 e. The van der Waals surface area contributed by atoms with E-state index in [9.17, 15) is 0 Å². The lowest BCUT2D eigenvalue weighted by atomic mass is 10.2. The van der Waals surface area contributed by atoms with Crippen LogP contribution in [0.4, 0.5) is 5.95 Å². The summed E-state index contributed by atoms with van der Waals surface area (Å²) in [6.45, 7) is 4.78. The van der Waals surface area contributed by atoms with Crippen molar-refractivity contribution in [3.05, 3.63) is 40.6 Å². The first-order chi connectivity index (χ1) is 9.11. The van der Waals surface area contributed by atoms with Gasteiger partial charge in [0.25, 0.3) is 0 Å². The molecule has 1 aromatic carbocycles. The summed E-state index contributed by atoms with van der Waals surface area (Å²) in [5, 5.41) is 3.34. The third-order valence-corrected chi connectivity index (χ3v) is 3.74. The number of methoxy groups -OCH3 is 1. The lowest BCUT2D eigenvalue weighted by Gasteiger charge is -2.15. The summed E-state index contributed by atoms with van der Waals surface area (Å²) in [5.41, 5.74) is 2.28. The Hall–Kier alpha value is -1.33. The van der Waals surface area contributed by atoms with Gasteiger partial charge in [-0.3, -0.25) is 4.57 Å². The molecule has 1 unspecified atom stereocenters. The quantitative estimate of drug-likeness (QED) is 0.916. The van der Waals surface area contributed by atoms with E-state index in [1.807, 2.05) is 16.8 Å². The molecule has 4 nitrogen and oxygen atoms in total. The summed E-state index contributed by atoms with van der Waals surface area (Å²) < 4.78 is 8.27. The number of hydrogen-bond donors (Lipinski definition) is 1. The second-order valence-corrected chi connectivity index (χ2v) is 5.41. The number of ether oxygens (including phenoxy) is 1. The van der Waals surface area contributed by atoms with Gasteiger partial charge >= 0.3 is 0 Å². The summed E-state index contributed by atoms with van der Waals surface area (Å²) in [6.07, 6.45) is 3.74. The minimum Gasteiger partial charge on any atom is -0.383 e. The normalized spacial score (nSPS) is 12.4. The van der Waals surface area contributed by atoms with Crippen molar-refractivity contribution in [3.63, 3.8) is 0 Å².